The summed E-state index contributed by atoms with van der Waals surface area (Å²) >= 11 is 7.59. The van der Waals surface area contributed by atoms with Crippen LogP contribution in [-0.4, -0.2) is 11.2 Å². The van der Waals surface area contributed by atoms with E-state index in [2.05, 4.69) is 5.32 Å². The molecule has 1 atom stereocenters. The number of rotatable bonds is 4. The molecule has 4 heteroatoms. The lowest BCUT2D eigenvalue weighted by atomic mass is 10.2. The first-order valence-corrected chi connectivity index (χ1v) is 7.61. The molecule has 0 spiro atoms. The number of carbonyl (C=O) groups is 1. The molecule has 1 unspecified atom stereocenters. The molecular weight excluding hydrogens is 290 g/mol. The number of halogens is 1. The van der Waals surface area contributed by atoms with Crippen molar-refractivity contribution in [1.29, 1.82) is 0 Å². The third kappa shape index (κ3) is 3.78. The number of thioether (sulfide) groups is 1. The van der Waals surface area contributed by atoms with Crippen molar-refractivity contribution in [2.45, 2.75) is 24.0 Å². The van der Waals surface area contributed by atoms with Crippen LogP contribution in [0.5, 0.6) is 0 Å². The van der Waals surface area contributed by atoms with Gasteiger partial charge in [0.25, 0.3) is 0 Å². The van der Waals surface area contributed by atoms with Crippen molar-refractivity contribution in [3.63, 3.8) is 0 Å². The summed E-state index contributed by atoms with van der Waals surface area (Å²) in [6, 6.07) is 15.4. The molecule has 104 valence electrons. The zero-order valence-corrected chi connectivity index (χ0v) is 13.0. The van der Waals surface area contributed by atoms with E-state index in [1.807, 2.05) is 62.4 Å². The van der Waals surface area contributed by atoms with E-state index in [1.165, 1.54) is 11.8 Å². The molecule has 1 N–H and O–H groups in total. The fourth-order valence-corrected chi connectivity index (χ4v) is 2.80. The van der Waals surface area contributed by atoms with E-state index in [4.69, 9.17) is 11.6 Å². The average Bonchev–Trinajstić information content (AvgIpc) is 2.45. The van der Waals surface area contributed by atoms with Gasteiger partial charge in [0.2, 0.25) is 5.91 Å². The SMILES string of the molecule is Cc1c(Cl)cccc1NC(=O)C(C)Sc1ccccc1. The van der Waals surface area contributed by atoms with Crippen LogP contribution in [0.3, 0.4) is 0 Å². The van der Waals surface area contributed by atoms with Gasteiger partial charge in [0.15, 0.2) is 0 Å². The molecule has 0 fully saturated rings. The van der Waals surface area contributed by atoms with Gasteiger partial charge in [0, 0.05) is 15.6 Å². The molecule has 0 saturated carbocycles. The van der Waals surface area contributed by atoms with Crippen molar-refractivity contribution in [1.82, 2.24) is 0 Å². The van der Waals surface area contributed by atoms with E-state index in [0.29, 0.717) is 5.02 Å². The van der Waals surface area contributed by atoms with Crippen LogP contribution in [0.15, 0.2) is 53.4 Å². The lowest BCUT2D eigenvalue weighted by Crippen LogP contribution is -2.22. The fourth-order valence-electron chi connectivity index (χ4n) is 1.73. The van der Waals surface area contributed by atoms with E-state index >= 15 is 0 Å². The summed E-state index contributed by atoms with van der Waals surface area (Å²) in [6.07, 6.45) is 0. The predicted octanol–water partition coefficient (Wildman–Crippen LogP) is 4.77. The molecule has 2 aromatic rings. The quantitative estimate of drug-likeness (QED) is 0.825. The van der Waals surface area contributed by atoms with Crippen LogP contribution < -0.4 is 5.32 Å². The Hall–Kier alpha value is -1.45. The molecule has 0 aliphatic carbocycles. The molecular formula is C16H16ClNOS. The third-order valence-corrected chi connectivity index (χ3v) is 4.47. The zero-order valence-electron chi connectivity index (χ0n) is 11.4. The Morgan fingerprint density at radius 1 is 1.15 bits per heavy atom. The summed E-state index contributed by atoms with van der Waals surface area (Å²) in [5, 5.41) is 3.41. The molecule has 0 aliphatic heterocycles. The van der Waals surface area contributed by atoms with E-state index in [9.17, 15) is 4.79 Å². The predicted molar refractivity (Wildman–Crippen MR) is 86.6 cm³/mol. The second-order valence-electron chi connectivity index (χ2n) is 4.47. The minimum Gasteiger partial charge on any atom is -0.325 e. The average molecular weight is 306 g/mol. The van der Waals surface area contributed by atoms with Crippen molar-refractivity contribution in [2.24, 2.45) is 0 Å². The number of amides is 1. The van der Waals surface area contributed by atoms with E-state index in [0.717, 1.165) is 16.1 Å². The molecule has 0 aliphatic rings. The topological polar surface area (TPSA) is 29.1 Å². The lowest BCUT2D eigenvalue weighted by Gasteiger charge is -2.14. The lowest BCUT2D eigenvalue weighted by molar-refractivity contribution is -0.115. The molecule has 0 bridgehead atoms. The number of hydrogen-bond acceptors (Lipinski definition) is 2. The Balaban J connectivity index is 2.03. The Kier molecular flexibility index (Phi) is 5.10. The first-order chi connectivity index (χ1) is 9.58. The second-order valence-corrected chi connectivity index (χ2v) is 6.30. The number of nitrogens with one attached hydrogen (secondary N) is 1. The van der Waals surface area contributed by atoms with Gasteiger partial charge in [-0.05, 0) is 43.7 Å². The molecule has 20 heavy (non-hydrogen) atoms. The molecule has 0 aromatic heterocycles. The Labute approximate surface area is 128 Å². The highest BCUT2D eigenvalue weighted by Gasteiger charge is 2.15. The van der Waals surface area contributed by atoms with Gasteiger partial charge in [0.05, 0.1) is 5.25 Å². The minimum atomic E-state index is -0.171. The van der Waals surface area contributed by atoms with Crippen molar-refractivity contribution in [2.75, 3.05) is 5.32 Å². The van der Waals surface area contributed by atoms with Crippen LogP contribution in [0.25, 0.3) is 0 Å². The molecule has 0 radical (unpaired) electrons. The number of anilines is 1. The van der Waals surface area contributed by atoms with Crippen LogP contribution in [-0.2, 0) is 4.79 Å². The van der Waals surface area contributed by atoms with Gasteiger partial charge in [-0.25, -0.2) is 0 Å². The highest BCUT2D eigenvalue weighted by molar-refractivity contribution is 8.00. The minimum absolute atomic E-state index is 0.0239. The summed E-state index contributed by atoms with van der Waals surface area (Å²) in [4.78, 5) is 13.3. The van der Waals surface area contributed by atoms with Gasteiger partial charge < -0.3 is 5.32 Å². The number of benzene rings is 2. The van der Waals surface area contributed by atoms with Gasteiger partial charge in [0.1, 0.15) is 0 Å². The molecule has 2 rings (SSSR count). The maximum Gasteiger partial charge on any atom is 0.237 e. The summed E-state index contributed by atoms with van der Waals surface area (Å²) in [7, 11) is 0. The van der Waals surface area contributed by atoms with Crippen LogP contribution >= 0.6 is 23.4 Å². The highest BCUT2D eigenvalue weighted by atomic mass is 35.5. The van der Waals surface area contributed by atoms with E-state index < -0.39 is 0 Å². The van der Waals surface area contributed by atoms with Crippen LogP contribution in [0.1, 0.15) is 12.5 Å². The first-order valence-electron chi connectivity index (χ1n) is 6.35. The van der Waals surface area contributed by atoms with Crippen LogP contribution in [0, 0.1) is 6.92 Å². The van der Waals surface area contributed by atoms with Crippen molar-refractivity contribution in [3.8, 4) is 0 Å². The Morgan fingerprint density at radius 3 is 2.55 bits per heavy atom. The fraction of sp³-hybridized carbons (Fsp3) is 0.188. The first kappa shape index (κ1) is 14.9. The van der Waals surface area contributed by atoms with Gasteiger partial charge in [-0.3, -0.25) is 4.79 Å². The number of hydrogen-bond donors (Lipinski definition) is 1. The standard InChI is InChI=1S/C16H16ClNOS/c1-11-14(17)9-6-10-15(11)18-16(19)12(2)20-13-7-4-3-5-8-13/h3-10,12H,1-2H3,(H,18,19). The summed E-state index contributed by atoms with van der Waals surface area (Å²) in [5.41, 5.74) is 1.66. The van der Waals surface area contributed by atoms with Gasteiger partial charge in [-0.15, -0.1) is 11.8 Å². The zero-order chi connectivity index (χ0) is 14.5. The van der Waals surface area contributed by atoms with Crippen LogP contribution in [0.4, 0.5) is 5.69 Å². The van der Waals surface area contributed by atoms with E-state index in [-0.39, 0.29) is 11.2 Å². The van der Waals surface area contributed by atoms with Crippen molar-refractivity contribution >= 4 is 35.0 Å². The van der Waals surface area contributed by atoms with Crippen LogP contribution in [0.2, 0.25) is 5.02 Å². The smallest absolute Gasteiger partial charge is 0.237 e. The van der Waals surface area contributed by atoms with Gasteiger partial charge in [-0.2, -0.15) is 0 Å². The van der Waals surface area contributed by atoms with Gasteiger partial charge >= 0.3 is 0 Å². The number of carbonyl (C=O) groups excluding carboxylic acids is 1. The maximum atomic E-state index is 12.2. The monoisotopic (exact) mass is 305 g/mol. The summed E-state index contributed by atoms with van der Waals surface area (Å²) in [5.74, 6) is -0.0239. The van der Waals surface area contributed by atoms with Gasteiger partial charge in [-0.1, -0.05) is 35.9 Å². The summed E-state index contributed by atoms with van der Waals surface area (Å²) in [6.45, 7) is 3.79. The normalized spacial score (nSPS) is 11.9. The molecule has 2 aromatic carbocycles. The second kappa shape index (κ2) is 6.82. The summed E-state index contributed by atoms with van der Waals surface area (Å²) < 4.78 is 0. The maximum absolute atomic E-state index is 12.2. The molecule has 2 nitrogen and oxygen atoms in total. The molecule has 0 heterocycles. The largest absolute Gasteiger partial charge is 0.325 e. The Morgan fingerprint density at radius 2 is 1.85 bits per heavy atom. The van der Waals surface area contributed by atoms with E-state index in [1.54, 1.807) is 0 Å². The van der Waals surface area contributed by atoms with Crippen molar-refractivity contribution in [3.05, 3.63) is 59.1 Å². The Bertz CT molecular complexity index is 601. The third-order valence-electron chi connectivity index (χ3n) is 2.95. The highest BCUT2D eigenvalue weighted by Crippen LogP contribution is 2.26. The van der Waals surface area contributed by atoms with Crippen molar-refractivity contribution < 1.29 is 4.79 Å². The molecule has 1 amide bonds. The molecule has 0 saturated heterocycles.